The molecule has 2 aromatic rings. The second kappa shape index (κ2) is 5.63. The summed E-state index contributed by atoms with van der Waals surface area (Å²) in [6.07, 6.45) is 2.93. The van der Waals surface area contributed by atoms with Crippen molar-refractivity contribution in [1.29, 1.82) is 0 Å². The number of nitrogens with zero attached hydrogens (tertiary/aromatic N) is 2. The predicted molar refractivity (Wildman–Crippen MR) is 78.6 cm³/mol. The Morgan fingerprint density at radius 1 is 1.55 bits per heavy atom. The molecule has 0 radical (unpaired) electrons. The number of likely N-dealkylation sites (tertiary alicyclic amines) is 1. The second-order valence-electron chi connectivity index (χ2n) is 5.43. The van der Waals surface area contributed by atoms with Crippen LogP contribution in [0.2, 0.25) is 0 Å². The molecule has 1 fully saturated rings. The van der Waals surface area contributed by atoms with E-state index in [1.807, 2.05) is 18.2 Å². The Bertz CT molecular complexity index is 607. The Labute approximate surface area is 118 Å². The van der Waals surface area contributed by atoms with Gasteiger partial charge in [-0.3, -0.25) is 9.89 Å². The molecule has 1 aliphatic rings. The first-order valence-corrected chi connectivity index (χ1v) is 7.20. The topological polar surface area (TPSA) is 61.0 Å². The lowest BCUT2D eigenvalue weighted by atomic mass is 10.1. The van der Waals surface area contributed by atoms with Crippen LogP contribution in [0.4, 0.5) is 0 Å². The van der Waals surface area contributed by atoms with Gasteiger partial charge in [-0.15, -0.1) is 0 Å². The summed E-state index contributed by atoms with van der Waals surface area (Å²) in [4.78, 5) is 14.6. The molecule has 1 atom stereocenters. The summed E-state index contributed by atoms with van der Waals surface area (Å²) in [6, 6.07) is 5.62. The molecule has 3 rings (SSSR count). The first-order valence-electron chi connectivity index (χ1n) is 7.20. The van der Waals surface area contributed by atoms with Gasteiger partial charge < -0.3 is 10.2 Å². The van der Waals surface area contributed by atoms with Gasteiger partial charge in [-0.2, -0.15) is 5.10 Å². The third kappa shape index (κ3) is 2.67. The average molecular weight is 272 g/mol. The van der Waals surface area contributed by atoms with Gasteiger partial charge in [-0.1, -0.05) is 13.0 Å². The van der Waals surface area contributed by atoms with Crippen molar-refractivity contribution >= 4 is 16.8 Å². The first-order chi connectivity index (χ1) is 9.76. The van der Waals surface area contributed by atoms with Gasteiger partial charge in [0.15, 0.2) is 0 Å². The zero-order chi connectivity index (χ0) is 13.9. The van der Waals surface area contributed by atoms with Crippen LogP contribution in [-0.2, 0) is 0 Å². The third-order valence-electron chi connectivity index (χ3n) is 4.07. The van der Waals surface area contributed by atoms with Gasteiger partial charge in [-0.05, 0) is 37.6 Å². The minimum atomic E-state index is -0.00329. The number of nitrogens with one attached hydrogen (secondary N) is 2. The van der Waals surface area contributed by atoms with Crippen molar-refractivity contribution < 1.29 is 4.79 Å². The number of fused-ring (bicyclic) bond motifs is 1. The van der Waals surface area contributed by atoms with Crippen LogP contribution in [0, 0.1) is 5.92 Å². The van der Waals surface area contributed by atoms with Gasteiger partial charge in [0.2, 0.25) is 0 Å². The van der Waals surface area contributed by atoms with Crippen LogP contribution in [0.1, 0.15) is 23.7 Å². The fourth-order valence-corrected chi connectivity index (χ4v) is 2.78. The average Bonchev–Trinajstić information content (AvgIpc) is 3.12. The molecule has 5 heteroatoms. The smallest absolute Gasteiger partial charge is 0.251 e. The van der Waals surface area contributed by atoms with Crippen molar-refractivity contribution in [3.8, 4) is 0 Å². The standard InChI is InChI=1S/C15H20N4O/c1-2-19-6-5-11(10-19)8-16-15(20)12-3-4-13-9-17-18-14(13)7-12/h3-4,7,9,11H,2,5-6,8,10H2,1H3,(H,16,20)(H,17,18). The van der Waals surface area contributed by atoms with Gasteiger partial charge in [-0.25, -0.2) is 0 Å². The van der Waals surface area contributed by atoms with E-state index in [2.05, 4.69) is 27.3 Å². The van der Waals surface area contributed by atoms with Crippen LogP contribution in [0.15, 0.2) is 24.4 Å². The van der Waals surface area contributed by atoms with E-state index in [9.17, 15) is 4.79 Å². The number of carbonyl (C=O) groups excluding carboxylic acids is 1. The Morgan fingerprint density at radius 3 is 3.25 bits per heavy atom. The van der Waals surface area contributed by atoms with Crippen LogP contribution in [0.5, 0.6) is 0 Å². The number of benzene rings is 1. The van der Waals surface area contributed by atoms with Crippen LogP contribution in [-0.4, -0.2) is 47.2 Å². The van der Waals surface area contributed by atoms with E-state index >= 15 is 0 Å². The van der Waals surface area contributed by atoms with E-state index in [-0.39, 0.29) is 5.91 Å². The van der Waals surface area contributed by atoms with Crippen LogP contribution >= 0.6 is 0 Å². The van der Waals surface area contributed by atoms with Gasteiger partial charge in [0, 0.05) is 24.0 Å². The lowest BCUT2D eigenvalue weighted by Crippen LogP contribution is -2.31. The third-order valence-corrected chi connectivity index (χ3v) is 4.07. The molecular weight excluding hydrogens is 252 g/mol. The molecule has 1 aliphatic heterocycles. The van der Waals surface area contributed by atoms with Crippen molar-refractivity contribution in [2.45, 2.75) is 13.3 Å². The van der Waals surface area contributed by atoms with E-state index in [1.54, 1.807) is 6.20 Å². The summed E-state index contributed by atoms with van der Waals surface area (Å²) in [5.74, 6) is 0.575. The number of amides is 1. The van der Waals surface area contributed by atoms with Crippen molar-refractivity contribution in [2.24, 2.45) is 5.92 Å². The van der Waals surface area contributed by atoms with Gasteiger partial charge in [0.1, 0.15) is 0 Å². The zero-order valence-electron chi connectivity index (χ0n) is 11.7. The number of aromatic amines is 1. The molecule has 2 heterocycles. The lowest BCUT2D eigenvalue weighted by Gasteiger charge is -2.13. The normalized spacial score (nSPS) is 19.6. The summed E-state index contributed by atoms with van der Waals surface area (Å²) >= 11 is 0. The Hall–Kier alpha value is -1.88. The molecular formula is C15H20N4O. The van der Waals surface area contributed by atoms with Gasteiger partial charge >= 0.3 is 0 Å². The molecule has 1 aromatic heterocycles. The van der Waals surface area contributed by atoms with Crippen molar-refractivity contribution in [2.75, 3.05) is 26.2 Å². The molecule has 5 nitrogen and oxygen atoms in total. The fourth-order valence-electron chi connectivity index (χ4n) is 2.78. The minimum absolute atomic E-state index is 0.00329. The summed E-state index contributed by atoms with van der Waals surface area (Å²) in [7, 11) is 0. The highest BCUT2D eigenvalue weighted by Gasteiger charge is 2.21. The molecule has 1 aromatic carbocycles. The molecule has 0 aliphatic carbocycles. The van der Waals surface area contributed by atoms with Crippen LogP contribution < -0.4 is 5.32 Å². The monoisotopic (exact) mass is 272 g/mol. The summed E-state index contributed by atoms with van der Waals surface area (Å²) in [6.45, 7) is 6.28. The van der Waals surface area contributed by atoms with E-state index in [0.717, 1.165) is 37.1 Å². The Morgan fingerprint density at radius 2 is 2.45 bits per heavy atom. The molecule has 20 heavy (non-hydrogen) atoms. The van der Waals surface area contributed by atoms with Crippen LogP contribution in [0.3, 0.4) is 0 Å². The van der Waals surface area contributed by atoms with Gasteiger partial charge in [0.25, 0.3) is 5.91 Å². The number of hydrogen-bond acceptors (Lipinski definition) is 3. The summed E-state index contributed by atoms with van der Waals surface area (Å²) in [5.41, 5.74) is 1.59. The van der Waals surface area contributed by atoms with Crippen molar-refractivity contribution in [3.63, 3.8) is 0 Å². The zero-order valence-corrected chi connectivity index (χ0v) is 11.7. The number of carbonyl (C=O) groups is 1. The fraction of sp³-hybridized carbons (Fsp3) is 0.467. The lowest BCUT2D eigenvalue weighted by molar-refractivity contribution is 0.0947. The van der Waals surface area contributed by atoms with Crippen LogP contribution in [0.25, 0.3) is 10.9 Å². The van der Waals surface area contributed by atoms with Gasteiger partial charge in [0.05, 0.1) is 11.7 Å². The Kier molecular flexibility index (Phi) is 3.69. The molecule has 0 saturated carbocycles. The number of hydrogen-bond donors (Lipinski definition) is 2. The van der Waals surface area contributed by atoms with E-state index in [4.69, 9.17) is 0 Å². The molecule has 0 bridgehead atoms. The maximum Gasteiger partial charge on any atom is 0.251 e. The van der Waals surface area contributed by atoms with Crippen molar-refractivity contribution in [3.05, 3.63) is 30.0 Å². The quantitative estimate of drug-likeness (QED) is 0.889. The van der Waals surface area contributed by atoms with Crippen molar-refractivity contribution in [1.82, 2.24) is 20.4 Å². The largest absolute Gasteiger partial charge is 0.352 e. The Balaban J connectivity index is 1.59. The summed E-state index contributed by atoms with van der Waals surface area (Å²) in [5, 5.41) is 10.9. The molecule has 2 N–H and O–H groups in total. The molecule has 1 amide bonds. The predicted octanol–water partition coefficient (Wildman–Crippen LogP) is 1.63. The number of rotatable bonds is 4. The minimum Gasteiger partial charge on any atom is -0.352 e. The highest BCUT2D eigenvalue weighted by atomic mass is 16.1. The van der Waals surface area contributed by atoms with E-state index < -0.39 is 0 Å². The molecule has 1 saturated heterocycles. The first kappa shape index (κ1) is 13.1. The number of H-pyrrole nitrogens is 1. The highest BCUT2D eigenvalue weighted by molar-refractivity contribution is 5.97. The molecule has 1 unspecified atom stereocenters. The van der Waals surface area contributed by atoms with E-state index in [0.29, 0.717) is 11.5 Å². The molecule has 106 valence electrons. The van der Waals surface area contributed by atoms with E-state index in [1.165, 1.54) is 6.42 Å². The maximum atomic E-state index is 12.2. The second-order valence-corrected chi connectivity index (χ2v) is 5.43. The highest BCUT2D eigenvalue weighted by Crippen LogP contribution is 2.15. The summed E-state index contributed by atoms with van der Waals surface area (Å²) < 4.78 is 0. The number of aromatic nitrogens is 2. The SMILES string of the molecule is CCN1CCC(CNC(=O)c2ccc3cn[nH]c3c2)C1. The maximum absolute atomic E-state index is 12.2. The molecule has 0 spiro atoms.